The molecule has 0 aliphatic rings. The summed E-state index contributed by atoms with van der Waals surface area (Å²) in [5, 5.41) is 0. The first-order chi connectivity index (χ1) is 6.78. The number of carbonyl (C=O) groups is 1. The second kappa shape index (κ2) is 6.09. The number of hydrogen-bond donors (Lipinski definition) is 0. The highest BCUT2D eigenvalue weighted by molar-refractivity contribution is 5.81. The van der Waals surface area contributed by atoms with E-state index < -0.39 is 0 Å². The van der Waals surface area contributed by atoms with Gasteiger partial charge in [-0.3, -0.25) is 4.79 Å². The van der Waals surface area contributed by atoms with Gasteiger partial charge in [-0.15, -0.1) is 0 Å². The summed E-state index contributed by atoms with van der Waals surface area (Å²) in [6.45, 7) is 12.6. The van der Waals surface area contributed by atoms with Crippen LogP contribution in [0.3, 0.4) is 0 Å². The van der Waals surface area contributed by atoms with Gasteiger partial charge in [0.05, 0.1) is 0 Å². The molecule has 0 saturated carbocycles. The van der Waals surface area contributed by atoms with Crippen LogP contribution in [0.4, 0.5) is 0 Å². The third-order valence-electron chi connectivity index (χ3n) is 2.55. The fraction of sp³-hybridized carbons (Fsp3) is 0.786. The summed E-state index contributed by atoms with van der Waals surface area (Å²) in [7, 11) is 0. The van der Waals surface area contributed by atoms with Crippen molar-refractivity contribution in [3.63, 3.8) is 0 Å². The minimum absolute atomic E-state index is 0.111. The average molecular weight is 210 g/mol. The van der Waals surface area contributed by atoms with E-state index in [4.69, 9.17) is 0 Å². The minimum Gasteiger partial charge on any atom is -0.299 e. The fourth-order valence-corrected chi connectivity index (χ4v) is 1.71. The maximum Gasteiger partial charge on any atom is 0.137 e. The predicted octanol–water partition coefficient (Wildman–Crippen LogP) is 4.23. The van der Waals surface area contributed by atoms with Crippen molar-refractivity contribution in [3.05, 3.63) is 12.2 Å². The predicted molar refractivity (Wildman–Crippen MR) is 66.8 cm³/mol. The van der Waals surface area contributed by atoms with Gasteiger partial charge in [0.15, 0.2) is 0 Å². The molecule has 15 heavy (non-hydrogen) atoms. The monoisotopic (exact) mass is 210 g/mol. The van der Waals surface area contributed by atoms with Crippen LogP contribution in [0.5, 0.6) is 0 Å². The Labute approximate surface area is 95.0 Å². The molecule has 1 atom stereocenters. The lowest BCUT2D eigenvalue weighted by molar-refractivity contribution is -0.125. The van der Waals surface area contributed by atoms with Gasteiger partial charge in [-0.1, -0.05) is 46.8 Å². The van der Waals surface area contributed by atoms with Crippen LogP contribution in [0, 0.1) is 17.3 Å². The van der Waals surface area contributed by atoms with E-state index in [1.54, 1.807) is 0 Å². The summed E-state index contributed by atoms with van der Waals surface area (Å²) in [5.74, 6) is 1.05. The molecule has 1 unspecified atom stereocenters. The van der Waals surface area contributed by atoms with Gasteiger partial charge in [0.2, 0.25) is 0 Å². The number of hydrogen-bond acceptors (Lipinski definition) is 1. The minimum atomic E-state index is 0.111. The van der Waals surface area contributed by atoms with Crippen molar-refractivity contribution >= 4 is 5.78 Å². The first-order valence-electron chi connectivity index (χ1n) is 5.92. The van der Waals surface area contributed by atoms with E-state index in [9.17, 15) is 4.79 Å². The third-order valence-corrected chi connectivity index (χ3v) is 2.55. The molecule has 0 saturated heterocycles. The Kier molecular flexibility index (Phi) is 5.85. The molecule has 0 aromatic heterocycles. The normalized spacial score (nSPS) is 14.9. The number of Topliss-reactive ketones (excluding diaryl/α,β-unsaturated/α-hetero) is 1. The highest BCUT2D eigenvalue weighted by Crippen LogP contribution is 2.26. The van der Waals surface area contributed by atoms with Crippen molar-refractivity contribution in [2.75, 3.05) is 0 Å². The number of carbonyl (C=O) groups excluding carboxylic acids is 1. The molecule has 0 N–H and O–H groups in total. The molecule has 0 fully saturated rings. The van der Waals surface area contributed by atoms with Crippen LogP contribution in [0.25, 0.3) is 0 Å². The smallest absolute Gasteiger partial charge is 0.137 e. The van der Waals surface area contributed by atoms with E-state index >= 15 is 0 Å². The highest BCUT2D eigenvalue weighted by atomic mass is 16.1. The molecule has 1 heteroatoms. The number of rotatable bonds is 5. The molecule has 0 rings (SSSR count). The second-order valence-corrected chi connectivity index (χ2v) is 5.86. The zero-order valence-corrected chi connectivity index (χ0v) is 11.1. The van der Waals surface area contributed by atoms with Crippen LogP contribution < -0.4 is 0 Å². The molecule has 0 aromatic rings. The SMILES string of the molecule is C/C=C/CC(C(=O)CC(C)(C)C)C(C)C. The Morgan fingerprint density at radius 2 is 1.80 bits per heavy atom. The molecule has 0 bridgehead atoms. The quantitative estimate of drug-likeness (QED) is 0.621. The van der Waals surface area contributed by atoms with Gasteiger partial charge < -0.3 is 0 Å². The lowest BCUT2D eigenvalue weighted by Gasteiger charge is -2.23. The van der Waals surface area contributed by atoms with Crippen LogP contribution in [-0.2, 0) is 4.79 Å². The van der Waals surface area contributed by atoms with E-state index in [0.29, 0.717) is 18.1 Å². The topological polar surface area (TPSA) is 17.1 Å². The molecule has 0 amide bonds. The Balaban J connectivity index is 4.43. The molecule has 0 spiro atoms. The van der Waals surface area contributed by atoms with Gasteiger partial charge in [-0.2, -0.15) is 0 Å². The van der Waals surface area contributed by atoms with Crippen LogP contribution in [-0.4, -0.2) is 5.78 Å². The van der Waals surface area contributed by atoms with Gasteiger partial charge in [-0.05, 0) is 24.7 Å². The summed E-state index contributed by atoms with van der Waals surface area (Å²) in [4.78, 5) is 12.1. The number of ketones is 1. The first-order valence-corrected chi connectivity index (χ1v) is 5.92. The fourth-order valence-electron chi connectivity index (χ4n) is 1.71. The lowest BCUT2D eigenvalue weighted by atomic mass is 9.80. The van der Waals surface area contributed by atoms with Crippen molar-refractivity contribution in [3.8, 4) is 0 Å². The molecule has 1 nitrogen and oxygen atoms in total. The number of allylic oxidation sites excluding steroid dienone is 2. The van der Waals surface area contributed by atoms with Crippen LogP contribution >= 0.6 is 0 Å². The van der Waals surface area contributed by atoms with Crippen molar-refractivity contribution in [1.82, 2.24) is 0 Å². The maximum absolute atomic E-state index is 12.1. The summed E-state index contributed by atoms with van der Waals surface area (Å²) >= 11 is 0. The van der Waals surface area contributed by atoms with Gasteiger partial charge in [0.25, 0.3) is 0 Å². The summed E-state index contributed by atoms with van der Waals surface area (Å²) in [6, 6.07) is 0. The van der Waals surface area contributed by atoms with E-state index in [1.807, 2.05) is 13.0 Å². The van der Waals surface area contributed by atoms with Crippen molar-refractivity contribution in [1.29, 1.82) is 0 Å². The van der Waals surface area contributed by atoms with E-state index in [1.165, 1.54) is 0 Å². The maximum atomic E-state index is 12.1. The van der Waals surface area contributed by atoms with E-state index in [2.05, 4.69) is 40.7 Å². The Hall–Kier alpha value is -0.590. The molecule has 0 aliphatic heterocycles. The second-order valence-electron chi connectivity index (χ2n) is 5.86. The Morgan fingerprint density at radius 1 is 1.27 bits per heavy atom. The largest absolute Gasteiger partial charge is 0.299 e. The van der Waals surface area contributed by atoms with Crippen molar-refractivity contribution in [2.45, 2.75) is 54.4 Å². The molecule has 0 aromatic carbocycles. The van der Waals surface area contributed by atoms with Crippen molar-refractivity contribution in [2.24, 2.45) is 17.3 Å². The van der Waals surface area contributed by atoms with Gasteiger partial charge in [-0.25, -0.2) is 0 Å². The average Bonchev–Trinajstić information content (AvgIpc) is 2.00. The van der Waals surface area contributed by atoms with Crippen LogP contribution in [0.2, 0.25) is 0 Å². The first kappa shape index (κ1) is 14.4. The van der Waals surface area contributed by atoms with Crippen LogP contribution in [0.15, 0.2) is 12.2 Å². The summed E-state index contributed by atoms with van der Waals surface area (Å²) < 4.78 is 0. The van der Waals surface area contributed by atoms with E-state index in [-0.39, 0.29) is 11.3 Å². The Bertz CT molecular complexity index is 218. The molecule has 0 radical (unpaired) electrons. The van der Waals surface area contributed by atoms with Gasteiger partial charge in [0.1, 0.15) is 5.78 Å². The Morgan fingerprint density at radius 3 is 2.13 bits per heavy atom. The van der Waals surface area contributed by atoms with Crippen molar-refractivity contribution < 1.29 is 4.79 Å². The molecule has 0 heterocycles. The summed E-state index contributed by atoms with van der Waals surface area (Å²) in [5.41, 5.74) is 0.111. The summed E-state index contributed by atoms with van der Waals surface area (Å²) in [6.07, 6.45) is 5.71. The zero-order chi connectivity index (χ0) is 12.1. The highest BCUT2D eigenvalue weighted by Gasteiger charge is 2.25. The molecule has 0 aliphatic carbocycles. The van der Waals surface area contributed by atoms with Gasteiger partial charge in [0, 0.05) is 12.3 Å². The van der Waals surface area contributed by atoms with Gasteiger partial charge >= 0.3 is 0 Å². The van der Waals surface area contributed by atoms with E-state index in [0.717, 1.165) is 6.42 Å². The molecular formula is C14H26O. The zero-order valence-electron chi connectivity index (χ0n) is 11.1. The third kappa shape index (κ3) is 6.48. The lowest BCUT2D eigenvalue weighted by Crippen LogP contribution is -2.24. The molecular weight excluding hydrogens is 184 g/mol. The molecule has 88 valence electrons. The van der Waals surface area contributed by atoms with Crippen LogP contribution in [0.1, 0.15) is 54.4 Å². The standard InChI is InChI=1S/C14H26O/c1-7-8-9-12(11(2)3)13(15)10-14(4,5)6/h7-8,11-12H,9-10H2,1-6H3/b8-7+.